The maximum atomic E-state index is 11.8. The summed E-state index contributed by atoms with van der Waals surface area (Å²) in [6.45, 7) is 2.04. The Morgan fingerprint density at radius 1 is 1.25 bits per heavy atom. The van der Waals surface area contributed by atoms with E-state index in [2.05, 4.69) is 0 Å². The average Bonchev–Trinajstić information content (AvgIpc) is 3.06. The van der Waals surface area contributed by atoms with Gasteiger partial charge >= 0.3 is 11.6 Å². The van der Waals surface area contributed by atoms with Crippen LogP contribution in [0, 0.1) is 0 Å². The standard InChI is InChI=1S/C19H16O5/c1-2-4-13-11-19(21)24-17-12-15(6-8-16(13)17)23-18(20)9-7-14-5-3-10-22-14/h3,5-12H,2,4H2,1H3/b9-7+. The lowest BCUT2D eigenvalue weighted by molar-refractivity contribution is -0.128. The molecule has 0 saturated carbocycles. The van der Waals surface area contributed by atoms with Gasteiger partial charge in [0.05, 0.1) is 6.26 Å². The molecule has 0 spiro atoms. The summed E-state index contributed by atoms with van der Waals surface area (Å²) >= 11 is 0. The van der Waals surface area contributed by atoms with Gasteiger partial charge in [0.1, 0.15) is 17.1 Å². The number of ether oxygens (including phenoxy) is 1. The SMILES string of the molecule is CCCc1cc(=O)oc2cc(OC(=O)/C=C/c3ccco3)ccc12. The fourth-order valence-electron chi connectivity index (χ4n) is 2.44. The van der Waals surface area contributed by atoms with Crippen molar-refractivity contribution in [1.29, 1.82) is 0 Å². The second kappa shape index (κ2) is 7.00. The summed E-state index contributed by atoms with van der Waals surface area (Å²) in [5.41, 5.74) is 0.928. The molecule has 0 atom stereocenters. The molecule has 24 heavy (non-hydrogen) atoms. The molecule has 5 heteroatoms. The van der Waals surface area contributed by atoms with Gasteiger partial charge in [-0.1, -0.05) is 13.3 Å². The van der Waals surface area contributed by atoms with E-state index in [0.29, 0.717) is 17.1 Å². The van der Waals surface area contributed by atoms with Crippen molar-refractivity contribution in [2.75, 3.05) is 0 Å². The summed E-state index contributed by atoms with van der Waals surface area (Å²) in [6, 6.07) is 9.98. The average molecular weight is 324 g/mol. The normalized spacial score (nSPS) is 11.2. The quantitative estimate of drug-likeness (QED) is 0.307. The van der Waals surface area contributed by atoms with E-state index in [9.17, 15) is 9.59 Å². The number of benzene rings is 1. The Balaban J connectivity index is 1.83. The largest absolute Gasteiger partial charge is 0.465 e. The zero-order valence-electron chi connectivity index (χ0n) is 13.2. The lowest BCUT2D eigenvalue weighted by Crippen LogP contribution is -2.04. The summed E-state index contributed by atoms with van der Waals surface area (Å²) in [5.74, 6) is 0.326. The van der Waals surface area contributed by atoms with Crippen molar-refractivity contribution in [1.82, 2.24) is 0 Å². The minimum Gasteiger partial charge on any atom is -0.465 e. The van der Waals surface area contributed by atoms with Gasteiger partial charge in [-0.25, -0.2) is 9.59 Å². The van der Waals surface area contributed by atoms with Crippen LogP contribution in [-0.4, -0.2) is 5.97 Å². The highest BCUT2D eigenvalue weighted by molar-refractivity contribution is 5.89. The predicted octanol–water partition coefficient (Wildman–Crippen LogP) is 3.96. The van der Waals surface area contributed by atoms with Crippen molar-refractivity contribution in [3.05, 3.63) is 70.5 Å². The highest BCUT2D eigenvalue weighted by Gasteiger charge is 2.08. The van der Waals surface area contributed by atoms with E-state index in [-0.39, 0.29) is 0 Å². The second-order valence-corrected chi connectivity index (χ2v) is 5.27. The van der Waals surface area contributed by atoms with Crippen LogP contribution in [0.2, 0.25) is 0 Å². The smallest absolute Gasteiger partial charge is 0.336 e. The van der Waals surface area contributed by atoms with Crippen molar-refractivity contribution in [3.8, 4) is 5.75 Å². The van der Waals surface area contributed by atoms with Gasteiger partial charge in [-0.05, 0) is 42.3 Å². The van der Waals surface area contributed by atoms with Crippen LogP contribution in [-0.2, 0) is 11.2 Å². The molecular weight excluding hydrogens is 308 g/mol. The third-order valence-electron chi connectivity index (χ3n) is 3.47. The van der Waals surface area contributed by atoms with E-state index in [1.165, 1.54) is 24.5 Å². The molecule has 0 unspecified atom stereocenters. The third kappa shape index (κ3) is 3.63. The van der Waals surface area contributed by atoms with E-state index in [1.807, 2.05) is 6.92 Å². The zero-order valence-corrected chi connectivity index (χ0v) is 13.2. The van der Waals surface area contributed by atoms with Crippen LogP contribution in [0.5, 0.6) is 5.75 Å². The fraction of sp³-hybridized carbons (Fsp3) is 0.158. The van der Waals surface area contributed by atoms with Crippen LogP contribution in [0.15, 0.2) is 62.4 Å². The van der Waals surface area contributed by atoms with Gasteiger partial charge in [0.25, 0.3) is 0 Å². The summed E-state index contributed by atoms with van der Waals surface area (Å²) in [5, 5.41) is 0.849. The monoisotopic (exact) mass is 324 g/mol. The molecule has 3 rings (SSSR count). The molecule has 0 aliphatic carbocycles. The minimum atomic E-state index is -0.544. The summed E-state index contributed by atoms with van der Waals surface area (Å²) < 4.78 is 15.5. The number of hydrogen-bond acceptors (Lipinski definition) is 5. The number of esters is 1. The van der Waals surface area contributed by atoms with Gasteiger partial charge in [-0.2, -0.15) is 0 Å². The molecule has 2 aromatic heterocycles. The topological polar surface area (TPSA) is 69.7 Å². The number of carbonyl (C=O) groups is 1. The Morgan fingerprint density at radius 2 is 2.12 bits per heavy atom. The van der Waals surface area contributed by atoms with E-state index in [0.717, 1.165) is 23.8 Å². The first kappa shape index (κ1) is 15.8. The van der Waals surface area contributed by atoms with Crippen molar-refractivity contribution in [2.45, 2.75) is 19.8 Å². The minimum absolute atomic E-state index is 0.313. The van der Waals surface area contributed by atoms with Gasteiger partial charge in [0.15, 0.2) is 0 Å². The van der Waals surface area contributed by atoms with E-state index < -0.39 is 11.6 Å². The third-order valence-corrected chi connectivity index (χ3v) is 3.47. The van der Waals surface area contributed by atoms with Crippen molar-refractivity contribution in [2.24, 2.45) is 0 Å². The van der Waals surface area contributed by atoms with Crippen LogP contribution in [0.25, 0.3) is 17.0 Å². The van der Waals surface area contributed by atoms with Crippen LogP contribution < -0.4 is 10.4 Å². The number of aryl methyl sites for hydroxylation is 1. The highest BCUT2D eigenvalue weighted by atomic mass is 16.5. The maximum absolute atomic E-state index is 11.8. The van der Waals surface area contributed by atoms with Crippen LogP contribution in [0.1, 0.15) is 24.7 Å². The van der Waals surface area contributed by atoms with Gasteiger partial charge < -0.3 is 13.6 Å². The summed E-state index contributed by atoms with van der Waals surface area (Å²) in [4.78, 5) is 23.5. The van der Waals surface area contributed by atoms with E-state index >= 15 is 0 Å². The molecule has 0 bridgehead atoms. The first-order valence-electron chi connectivity index (χ1n) is 7.66. The Morgan fingerprint density at radius 3 is 2.88 bits per heavy atom. The molecule has 3 aromatic rings. The molecule has 1 aromatic carbocycles. The summed E-state index contributed by atoms with van der Waals surface area (Å²) in [6.07, 6.45) is 6.01. The van der Waals surface area contributed by atoms with Gasteiger partial charge in [-0.15, -0.1) is 0 Å². The van der Waals surface area contributed by atoms with Crippen LogP contribution >= 0.6 is 0 Å². The van der Waals surface area contributed by atoms with Gasteiger partial charge in [0, 0.05) is 23.6 Å². The number of carbonyl (C=O) groups excluding carboxylic acids is 1. The van der Waals surface area contributed by atoms with Crippen molar-refractivity contribution >= 4 is 23.0 Å². The van der Waals surface area contributed by atoms with Crippen molar-refractivity contribution in [3.63, 3.8) is 0 Å². The highest BCUT2D eigenvalue weighted by Crippen LogP contribution is 2.23. The van der Waals surface area contributed by atoms with Crippen LogP contribution in [0.3, 0.4) is 0 Å². The number of hydrogen-bond donors (Lipinski definition) is 0. The molecule has 0 fully saturated rings. The first-order chi connectivity index (χ1) is 11.7. The molecular formula is C19H16O5. The Labute approximate surface area is 138 Å². The molecule has 2 heterocycles. The summed E-state index contributed by atoms with van der Waals surface area (Å²) in [7, 11) is 0. The molecule has 0 saturated heterocycles. The molecule has 5 nitrogen and oxygen atoms in total. The molecule has 0 N–H and O–H groups in total. The first-order valence-corrected chi connectivity index (χ1v) is 7.66. The predicted molar refractivity (Wildman–Crippen MR) is 89.9 cm³/mol. The maximum Gasteiger partial charge on any atom is 0.336 e. The van der Waals surface area contributed by atoms with Gasteiger partial charge in [0.2, 0.25) is 0 Å². The van der Waals surface area contributed by atoms with E-state index in [4.69, 9.17) is 13.6 Å². The Kier molecular flexibility index (Phi) is 4.61. The molecule has 0 aliphatic heterocycles. The molecule has 0 radical (unpaired) electrons. The molecule has 0 amide bonds. The fourth-order valence-corrected chi connectivity index (χ4v) is 2.44. The number of rotatable bonds is 5. The molecule has 0 aliphatic rings. The number of fused-ring (bicyclic) bond motifs is 1. The lowest BCUT2D eigenvalue weighted by Gasteiger charge is -2.06. The lowest BCUT2D eigenvalue weighted by atomic mass is 10.1. The van der Waals surface area contributed by atoms with Crippen molar-refractivity contribution < 1.29 is 18.4 Å². The van der Waals surface area contributed by atoms with E-state index in [1.54, 1.807) is 30.3 Å². The van der Waals surface area contributed by atoms with Gasteiger partial charge in [-0.3, -0.25) is 0 Å². The van der Waals surface area contributed by atoms with Crippen LogP contribution in [0.4, 0.5) is 0 Å². The molecule has 122 valence electrons. The Bertz CT molecular complexity index is 932. The Hall–Kier alpha value is -3.08. The zero-order chi connectivity index (χ0) is 16.9. The number of furan rings is 1. The second-order valence-electron chi connectivity index (χ2n) is 5.27.